The fourth-order valence-corrected chi connectivity index (χ4v) is 5.36. The second-order valence-corrected chi connectivity index (χ2v) is 14.2. The van der Waals surface area contributed by atoms with Gasteiger partial charge in [-0.1, -0.05) is 56.6 Å². The number of benzene rings is 3. The van der Waals surface area contributed by atoms with Crippen molar-refractivity contribution in [3.8, 4) is 6.01 Å². The van der Waals surface area contributed by atoms with Crippen molar-refractivity contribution in [3.63, 3.8) is 0 Å². The van der Waals surface area contributed by atoms with Crippen molar-refractivity contribution in [2.45, 2.75) is 57.2 Å². The second kappa shape index (κ2) is 17.1. The molecule has 0 radical (unpaired) electrons. The summed E-state index contributed by atoms with van der Waals surface area (Å²) in [6.45, 7) is 4.20. The van der Waals surface area contributed by atoms with Crippen LogP contribution in [0.5, 0.6) is 6.01 Å². The standard InChI is InChI=1S/C38H38ClF3N8O6/c1-36(2,3)24-6-5-7-27(20-24)44-31(53)30(52)43-19-16-28(32(54)55-4)46-29(51)22-8-14-26(15-9-22)45-33-47-34(49-35(48-33)56-21-38(40,41)42)50-37(17-18-37)23-10-12-25(39)13-11-23/h5-15,20H,16-19,21H2,1-4H3,(H,43,52)(H,44,53)(H2,45,47,48,49,50). The molecular weight excluding hydrogens is 757 g/mol. The Hall–Kier alpha value is -6.10. The van der Waals surface area contributed by atoms with Gasteiger partial charge in [-0.25, -0.2) is 9.79 Å². The lowest BCUT2D eigenvalue weighted by Crippen LogP contribution is -2.37. The highest BCUT2D eigenvalue weighted by Crippen LogP contribution is 2.48. The minimum atomic E-state index is -4.64. The maximum absolute atomic E-state index is 13.0. The van der Waals surface area contributed by atoms with E-state index in [0.717, 1.165) is 18.2 Å². The van der Waals surface area contributed by atoms with Crippen LogP contribution in [0.15, 0.2) is 77.8 Å². The Morgan fingerprint density at radius 2 is 1.55 bits per heavy atom. The monoisotopic (exact) mass is 794 g/mol. The van der Waals surface area contributed by atoms with Gasteiger partial charge >= 0.3 is 30.0 Å². The number of hydrogen-bond donors (Lipinski definition) is 4. The maximum atomic E-state index is 13.0. The topological polar surface area (TPSA) is 186 Å². The minimum absolute atomic E-state index is 0.0358. The Kier molecular flexibility index (Phi) is 12.6. The maximum Gasteiger partial charge on any atom is 0.422 e. The molecule has 0 spiro atoms. The van der Waals surface area contributed by atoms with Crippen LogP contribution in [0.3, 0.4) is 0 Å². The van der Waals surface area contributed by atoms with Crippen LogP contribution in [-0.2, 0) is 30.1 Å². The molecule has 0 atom stereocenters. The van der Waals surface area contributed by atoms with Crippen LogP contribution in [0.1, 0.15) is 61.5 Å². The molecule has 0 aliphatic heterocycles. The number of hydrogen-bond acceptors (Lipinski definition) is 11. The van der Waals surface area contributed by atoms with Gasteiger partial charge in [0.05, 0.1) is 12.6 Å². The zero-order chi connectivity index (χ0) is 40.7. The molecule has 1 saturated carbocycles. The fourth-order valence-electron chi connectivity index (χ4n) is 5.23. The summed E-state index contributed by atoms with van der Waals surface area (Å²) in [6, 6.07) is 19.3. The molecule has 0 bridgehead atoms. The Labute approximate surface area is 324 Å². The lowest BCUT2D eigenvalue weighted by molar-refractivity contribution is -0.154. The molecule has 4 aromatic rings. The van der Waals surface area contributed by atoms with Crippen LogP contribution in [-0.4, -0.2) is 70.8 Å². The molecule has 1 aliphatic carbocycles. The molecule has 1 aliphatic rings. The summed E-state index contributed by atoms with van der Waals surface area (Å²) in [5, 5.41) is 11.5. The number of rotatable bonds is 13. The Balaban J connectivity index is 1.23. The quantitative estimate of drug-likeness (QED) is 0.0657. The Morgan fingerprint density at radius 1 is 0.875 bits per heavy atom. The number of alkyl halides is 3. The predicted molar refractivity (Wildman–Crippen MR) is 202 cm³/mol. The van der Waals surface area contributed by atoms with Gasteiger partial charge in [-0.05, 0) is 77.9 Å². The van der Waals surface area contributed by atoms with E-state index in [4.69, 9.17) is 21.1 Å². The lowest BCUT2D eigenvalue weighted by Gasteiger charge is -2.19. The number of aromatic nitrogens is 3. The van der Waals surface area contributed by atoms with Gasteiger partial charge in [0.15, 0.2) is 6.61 Å². The van der Waals surface area contributed by atoms with E-state index in [2.05, 4.69) is 41.2 Å². The molecule has 0 unspecified atom stereocenters. The van der Waals surface area contributed by atoms with Gasteiger partial charge < -0.3 is 30.7 Å². The summed E-state index contributed by atoms with van der Waals surface area (Å²) in [6.07, 6.45) is -3.46. The van der Waals surface area contributed by atoms with Crippen LogP contribution in [0.4, 0.5) is 36.4 Å². The molecule has 1 heterocycles. The fraction of sp³-hybridized carbons (Fsp3) is 0.316. The first-order valence-electron chi connectivity index (χ1n) is 17.2. The molecule has 1 aromatic heterocycles. The first-order chi connectivity index (χ1) is 26.4. The zero-order valence-electron chi connectivity index (χ0n) is 30.7. The Bertz CT molecular complexity index is 2120. The van der Waals surface area contributed by atoms with E-state index in [9.17, 15) is 32.3 Å². The average molecular weight is 795 g/mol. The number of anilines is 4. The van der Waals surface area contributed by atoms with E-state index >= 15 is 0 Å². The highest BCUT2D eigenvalue weighted by Gasteiger charge is 2.45. The molecule has 3 aromatic carbocycles. The normalized spacial score (nSPS) is 13.6. The van der Waals surface area contributed by atoms with E-state index in [1.165, 1.54) is 24.3 Å². The van der Waals surface area contributed by atoms with Crippen LogP contribution >= 0.6 is 11.6 Å². The Morgan fingerprint density at radius 3 is 2.18 bits per heavy atom. The summed E-state index contributed by atoms with van der Waals surface area (Å²) >= 11 is 6.03. The van der Waals surface area contributed by atoms with E-state index < -0.39 is 48.0 Å². The van der Waals surface area contributed by atoms with Gasteiger partial charge in [0.1, 0.15) is 5.71 Å². The van der Waals surface area contributed by atoms with Crippen molar-refractivity contribution in [2.24, 2.45) is 4.99 Å². The van der Waals surface area contributed by atoms with Crippen molar-refractivity contribution < 1.29 is 41.8 Å². The average Bonchev–Trinajstić information content (AvgIpc) is 3.93. The van der Waals surface area contributed by atoms with E-state index in [1.54, 1.807) is 30.3 Å². The number of aliphatic imine (C=N–C) groups is 1. The summed E-state index contributed by atoms with van der Waals surface area (Å²) in [7, 11) is 1.10. The molecular formula is C38H38ClF3N8O6. The molecule has 0 saturated heterocycles. The first-order valence-corrected chi connectivity index (χ1v) is 17.6. The van der Waals surface area contributed by atoms with Gasteiger partial charge in [0.2, 0.25) is 11.9 Å². The third-order valence-corrected chi connectivity index (χ3v) is 8.62. The molecule has 18 heteroatoms. The predicted octanol–water partition coefficient (Wildman–Crippen LogP) is 6.51. The van der Waals surface area contributed by atoms with Crippen LogP contribution in [0.25, 0.3) is 0 Å². The molecule has 14 nitrogen and oxygen atoms in total. The molecule has 4 N–H and O–H groups in total. The van der Waals surface area contributed by atoms with Crippen molar-refractivity contribution in [3.05, 3.63) is 94.5 Å². The summed E-state index contributed by atoms with van der Waals surface area (Å²) in [4.78, 5) is 66.7. The molecule has 3 amide bonds. The van der Waals surface area contributed by atoms with Crippen LogP contribution in [0, 0.1) is 0 Å². The van der Waals surface area contributed by atoms with Gasteiger partial charge in [0, 0.05) is 34.9 Å². The number of carbonyl (C=O) groups is 4. The van der Waals surface area contributed by atoms with Crippen LogP contribution < -0.4 is 26.0 Å². The van der Waals surface area contributed by atoms with Crippen molar-refractivity contribution in [1.29, 1.82) is 0 Å². The summed E-state index contributed by atoms with van der Waals surface area (Å²) < 4.78 is 48.5. The highest BCUT2D eigenvalue weighted by molar-refractivity contribution is 6.40. The smallest absolute Gasteiger partial charge is 0.422 e. The van der Waals surface area contributed by atoms with Gasteiger partial charge in [-0.3, -0.25) is 14.4 Å². The third-order valence-electron chi connectivity index (χ3n) is 8.36. The number of nitrogens with one attached hydrogen (secondary N) is 4. The van der Waals surface area contributed by atoms with Crippen LogP contribution in [0.2, 0.25) is 5.02 Å². The number of methoxy groups -OCH3 is 1. The first kappa shape index (κ1) is 41.1. The number of halogens is 4. The SMILES string of the molecule is COC(=O)C(CCNC(=O)C(=O)Nc1cccc(C(C)(C)C)c1)=NC(=O)c1ccc(Nc2nc(NC3(c4ccc(Cl)cc4)CC3)nc(OCC(F)(F)F)n2)cc1. The number of ether oxygens (including phenoxy) is 2. The van der Waals surface area contributed by atoms with Gasteiger partial charge in [-0.15, -0.1) is 0 Å². The third kappa shape index (κ3) is 11.5. The van der Waals surface area contributed by atoms with E-state index in [-0.39, 0.29) is 41.6 Å². The lowest BCUT2D eigenvalue weighted by atomic mass is 9.87. The molecule has 1 fully saturated rings. The van der Waals surface area contributed by atoms with Crippen molar-refractivity contribution in [2.75, 3.05) is 36.2 Å². The second-order valence-electron chi connectivity index (χ2n) is 13.7. The van der Waals surface area contributed by atoms with E-state index in [1.807, 2.05) is 39.0 Å². The summed E-state index contributed by atoms with van der Waals surface area (Å²) in [5.41, 5.74) is 1.64. The minimum Gasteiger partial charge on any atom is -0.465 e. The highest BCUT2D eigenvalue weighted by atomic mass is 35.5. The molecule has 5 rings (SSSR count). The molecule has 294 valence electrons. The largest absolute Gasteiger partial charge is 0.465 e. The van der Waals surface area contributed by atoms with Gasteiger partial charge in [0.25, 0.3) is 5.91 Å². The van der Waals surface area contributed by atoms with Gasteiger partial charge in [-0.2, -0.15) is 28.1 Å². The zero-order valence-corrected chi connectivity index (χ0v) is 31.5. The number of esters is 1. The number of amides is 3. The molecule has 56 heavy (non-hydrogen) atoms. The van der Waals surface area contributed by atoms with E-state index in [0.29, 0.717) is 29.2 Å². The number of nitrogens with zero attached hydrogens (tertiary/aromatic N) is 4. The number of carbonyl (C=O) groups excluding carboxylic acids is 4. The summed E-state index contributed by atoms with van der Waals surface area (Å²) in [5.74, 6) is -3.79. The van der Waals surface area contributed by atoms with Crippen molar-refractivity contribution in [1.82, 2.24) is 20.3 Å². The van der Waals surface area contributed by atoms with Crippen molar-refractivity contribution >= 4 is 64.3 Å².